The molecule has 2 unspecified atom stereocenters. The number of hydrogen-bond acceptors (Lipinski definition) is 6. The number of rotatable bonds is 7. The van der Waals surface area contributed by atoms with Gasteiger partial charge in [0.05, 0.1) is 35.7 Å². The standard InChI is InChI=1S/C33H35Cl2N5O5/c1-20-7-10-23(32(43)39-15-13-38(14-16-39)19-30(36)41)26-17-21(34)8-12-28(26)40(20)33(44)25-11-9-22(18-29(25)45-2)37-31(42)24-5-3-4-6-27(24)35/h3-6,8-9,11-12,17-18,20,23H,7,10,13-16,19H2,1-2H3,(H2,36,41)(H,37,42). The second kappa shape index (κ2) is 13.9. The second-order valence-electron chi connectivity index (χ2n) is 11.3. The minimum absolute atomic E-state index is 0.0325. The van der Waals surface area contributed by atoms with Gasteiger partial charge in [0.25, 0.3) is 11.8 Å². The zero-order valence-corrected chi connectivity index (χ0v) is 26.6. The molecular weight excluding hydrogens is 617 g/mol. The molecule has 1 saturated heterocycles. The summed E-state index contributed by atoms with van der Waals surface area (Å²) in [7, 11) is 1.46. The summed E-state index contributed by atoms with van der Waals surface area (Å²) < 4.78 is 5.61. The van der Waals surface area contributed by atoms with Crippen LogP contribution in [0.3, 0.4) is 0 Å². The lowest BCUT2D eigenvalue weighted by Crippen LogP contribution is -2.51. The van der Waals surface area contributed by atoms with Crippen LogP contribution in [0.5, 0.6) is 5.75 Å². The molecule has 2 aliphatic rings. The fourth-order valence-corrected chi connectivity index (χ4v) is 6.41. The van der Waals surface area contributed by atoms with Crippen molar-refractivity contribution in [2.24, 2.45) is 5.73 Å². The summed E-state index contributed by atoms with van der Waals surface area (Å²) >= 11 is 12.6. The summed E-state index contributed by atoms with van der Waals surface area (Å²) in [5.74, 6) is -1.33. The zero-order chi connectivity index (χ0) is 32.2. The van der Waals surface area contributed by atoms with E-state index in [-0.39, 0.29) is 30.2 Å². The Hall–Kier alpha value is -4.12. The lowest BCUT2D eigenvalue weighted by Gasteiger charge is -2.36. The monoisotopic (exact) mass is 651 g/mol. The third kappa shape index (κ3) is 7.08. The average Bonchev–Trinajstić information content (AvgIpc) is 3.16. The van der Waals surface area contributed by atoms with Crippen LogP contribution in [-0.2, 0) is 9.59 Å². The first-order valence-corrected chi connectivity index (χ1v) is 15.5. The lowest BCUT2D eigenvalue weighted by atomic mass is 9.91. The molecule has 0 aromatic heterocycles. The molecule has 0 aliphatic carbocycles. The molecule has 3 aromatic carbocycles. The van der Waals surface area contributed by atoms with Gasteiger partial charge in [0.15, 0.2) is 0 Å². The lowest BCUT2D eigenvalue weighted by molar-refractivity contribution is -0.135. The number of ether oxygens (including phenoxy) is 1. The summed E-state index contributed by atoms with van der Waals surface area (Å²) in [4.78, 5) is 57.8. The Morgan fingerprint density at radius 3 is 2.36 bits per heavy atom. The van der Waals surface area contributed by atoms with E-state index in [4.69, 9.17) is 33.7 Å². The quantitative estimate of drug-likeness (QED) is 0.378. The maximum atomic E-state index is 14.3. The molecule has 45 heavy (non-hydrogen) atoms. The Morgan fingerprint density at radius 2 is 1.67 bits per heavy atom. The molecule has 5 rings (SSSR count). The highest BCUT2D eigenvalue weighted by molar-refractivity contribution is 6.34. The van der Waals surface area contributed by atoms with Gasteiger partial charge in [-0.05, 0) is 67.8 Å². The zero-order valence-electron chi connectivity index (χ0n) is 25.1. The largest absolute Gasteiger partial charge is 0.496 e. The smallest absolute Gasteiger partial charge is 0.262 e. The summed E-state index contributed by atoms with van der Waals surface area (Å²) in [5.41, 5.74) is 7.71. The molecule has 2 atom stereocenters. The highest BCUT2D eigenvalue weighted by atomic mass is 35.5. The first-order valence-electron chi connectivity index (χ1n) is 14.7. The predicted octanol–water partition coefficient (Wildman–Crippen LogP) is 4.80. The summed E-state index contributed by atoms with van der Waals surface area (Å²) in [6, 6.07) is 16.6. The molecule has 0 saturated carbocycles. The van der Waals surface area contributed by atoms with Gasteiger partial charge in [-0.3, -0.25) is 24.1 Å². The third-order valence-electron chi connectivity index (χ3n) is 8.33. The van der Waals surface area contributed by atoms with Gasteiger partial charge in [-0.15, -0.1) is 0 Å². The van der Waals surface area contributed by atoms with Gasteiger partial charge >= 0.3 is 0 Å². The Labute approximate surface area is 272 Å². The van der Waals surface area contributed by atoms with E-state index in [1.807, 2.05) is 16.7 Å². The van der Waals surface area contributed by atoms with Crippen LogP contribution >= 0.6 is 23.2 Å². The van der Waals surface area contributed by atoms with E-state index >= 15 is 0 Å². The van der Waals surface area contributed by atoms with Crippen molar-refractivity contribution in [1.29, 1.82) is 0 Å². The van der Waals surface area contributed by atoms with Gasteiger partial charge in [0, 0.05) is 54.7 Å². The minimum Gasteiger partial charge on any atom is -0.496 e. The predicted molar refractivity (Wildman–Crippen MR) is 174 cm³/mol. The van der Waals surface area contributed by atoms with Gasteiger partial charge in [0.2, 0.25) is 11.8 Å². The molecule has 0 radical (unpaired) electrons. The highest BCUT2D eigenvalue weighted by Gasteiger charge is 2.37. The van der Waals surface area contributed by atoms with Gasteiger partial charge < -0.3 is 25.6 Å². The van der Waals surface area contributed by atoms with Crippen molar-refractivity contribution in [3.63, 3.8) is 0 Å². The van der Waals surface area contributed by atoms with Gasteiger partial charge in [-0.25, -0.2) is 0 Å². The Balaban J connectivity index is 1.41. The first-order chi connectivity index (χ1) is 21.6. The van der Waals surface area contributed by atoms with E-state index in [2.05, 4.69) is 5.32 Å². The number of carbonyl (C=O) groups is 4. The van der Waals surface area contributed by atoms with Crippen LogP contribution in [0.15, 0.2) is 60.7 Å². The fourth-order valence-electron chi connectivity index (χ4n) is 6.01. The number of fused-ring (bicyclic) bond motifs is 1. The Morgan fingerprint density at radius 1 is 0.933 bits per heavy atom. The van der Waals surface area contributed by atoms with Crippen LogP contribution in [0, 0.1) is 0 Å². The number of benzene rings is 3. The molecule has 0 spiro atoms. The second-order valence-corrected chi connectivity index (χ2v) is 12.1. The molecular formula is C33H35Cl2N5O5. The SMILES string of the molecule is COc1cc(NC(=O)c2ccccc2Cl)ccc1C(=O)N1c2ccc(Cl)cc2C(C(=O)N2CCN(CC(N)=O)CC2)CCC1C. The summed E-state index contributed by atoms with van der Waals surface area (Å²) in [5, 5.41) is 3.60. The van der Waals surface area contributed by atoms with Crippen molar-refractivity contribution in [3.05, 3.63) is 87.4 Å². The van der Waals surface area contributed by atoms with E-state index in [1.54, 1.807) is 65.6 Å². The molecule has 4 amide bonds. The van der Waals surface area contributed by atoms with Crippen molar-refractivity contribution >= 4 is 58.2 Å². The van der Waals surface area contributed by atoms with Crippen molar-refractivity contribution in [2.45, 2.75) is 31.7 Å². The minimum atomic E-state index is -0.495. The van der Waals surface area contributed by atoms with E-state index in [0.717, 1.165) is 0 Å². The number of nitrogens with one attached hydrogen (secondary N) is 1. The number of hydrogen-bond donors (Lipinski definition) is 2. The molecule has 3 N–H and O–H groups in total. The average molecular weight is 653 g/mol. The maximum absolute atomic E-state index is 14.3. The van der Waals surface area contributed by atoms with Crippen molar-refractivity contribution in [1.82, 2.24) is 9.80 Å². The van der Waals surface area contributed by atoms with Crippen molar-refractivity contribution < 1.29 is 23.9 Å². The van der Waals surface area contributed by atoms with E-state index in [9.17, 15) is 19.2 Å². The number of piperazine rings is 1. The van der Waals surface area contributed by atoms with Gasteiger partial charge in [-0.1, -0.05) is 35.3 Å². The highest BCUT2D eigenvalue weighted by Crippen LogP contribution is 2.41. The normalized spacial score (nSPS) is 18.5. The van der Waals surface area contributed by atoms with E-state index in [0.29, 0.717) is 77.1 Å². The van der Waals surface area contributed by atoms with Crippen LogP contribution in [-0.4, -0.2) is 79.3 Å². The van der Waals surface area contributed by atoms with E-state index < -0.39 is 17.7 Å². The van der Waals surface area contributed by atoms with Crippen molar-refractivity contribution in [2.75, 3.05) is 50.1 Å². The molecule has 236 valence electrons. The van der Waals surface area contributed by atoms with Crippen LogP contribution < -0.4 is 20.7 Å². The Bertz CT molecular complexity index is 1620. The topological polar surface area (TPSA) is 125 Å². The maximum Gasteiger partial charge on any atom is 0.262 e. The first kappa shape index (κ1) is 32.3. The number of anilines is 2. The number of nitrogens with zero attached hydrogens (tertiary/aromatic N) is 3. The van der Waals surface area contributed by atoms with E-state index in [1.165, 1.54) is 7.11 Å². The number of primary amides is 1. The van der Waals surface area contributed by atoms with Crippen molar-refractivity contribution in [3.8, 4) is 5.75 Å². The fraction of sp³-hybridized carbons (Fsp3) is 0.333. The molecule has 2 aliphatic heterocycles. The van der Waals surface area contributed by atoms with Gasteiger partial charge in [0.1, 0.15) is 5.75 Å². The molecule has 10 nitrogen and oxygen atoms in total. The molecule has 2 heterocycles. The summed E-state index contributed by atoms with van der Waals surface area (Å²) in [6.45, 7) is 4.19. The summed E-state index contributed by atoms with van der Waals surface area (Å²) in [6.07, 6.45) is 1.10. The van der Waals surface area contributed by atoms with Crippen LogP contribution in [0.25, 0.3) is 0 Å². The third-order valence-corrected chi connectivity index (χ3v) is 8.89. The molecule has 0 bridgehead atoms. The number of halogens is 2. The number of amides is 4. The number of carbonyl (C=O) groups excluding carboxylic acids is 4. The van der Waals surface area contributed by atoms with Gasteiger partial charge in [-0.2, -0.15) is 0 Å². The van der Waals surface area contributed by atoms with Crippen LogP contribution in [0.2, 0.25) is 10.0 Å². The number of nitrogens with two attached hydrogens (primary N) is 1. The molecule has 1 fully saturated rings. The molecule has 3 aromatic rings. The van der Waals surface area contributed by atoms with Crippen LogP contribution in [0.4, 0.5) is 11.4 Å². The molecule has 12 heteroatoms. The number of methoxy groups -OCH3 is 1. The Kier molecular flexibility index (Phi) is 9.96. The van der Waals surface area contributed by atoms with Crippen LogP contribution in [0.1, 0.15) is 52.0 Å².